The number of rotatable bonds is 13. The Hall–Kier alpha value is 0.657. The third-order valence-electron chi connectivity index (χ3n) is 5.53. The fraction of sp³-hybridized carbons (Fsp3) is 0.931. The first-order chi connectivity index (χ1) is 14.3. The maximum absolute atomic E-state index is 2.39. The minimum atomic E-state index is 0. The van der Waals surface area contributed by atoms with Gasteiger partial charge in [0.15, 0.2) is 0 Å². The first kappa shape index (κ1) is 39.9. The predicted octanol–water partition coefficient (Wildman–Crippen LogP) is 10.9. The molecule has 2 atom stereocenters. The highest BCUT2D eigenvalue weighted by Gasteiger charge is 2.14. The topological polar surface area (TPSA) is 0 Å². The molecule has 0 saturated heterocycles. The number of hydrogen-bond donors (Lipinski definition) is 0. The predicted molar refractivity (Wildman–Crippen MR) is 167 cm³/mol. The van der Waals surface area contributed by atoms with Crippen LogP contribution in [0.15, 0.2) is 11.0 Å². The molecule has 198 valence electrons. The average molecular weight is 507 g/mol. The Balaban J connectivity index is -0.000000219. The lowest BCUT2D eigenvalue weighted by molar-refractivity contribution is 0.469. The first-order valence-electron chi connectivity index (χ1n) is 13.5. The molecule has 0 spiro atoms. The Labute approximate surface area is 220 Å². The summed E-state index contributed by atoms with van der Waals surface area (Å²) in [6.07, 6.45) is 15.9. The summed E-state index contributed by atoms with van der Waals surface area (Å²) in [7, 11) is 0.239. The van der Waals surface area contributed by atoms with Gasteiger partial charge < -0.3 is 0 Å². The Morgan fingerprint density at radius 3 is 1.28 bits per heavy atom. The Bertz CT molecular complexity index is 369. The molecule has 2 unspecified atom stereocenters. The van der Waals surface area contributed by atoms with Crippen LogP contribution in [0.4, 0.5) is 0 Å². The van der Waals surface area contributed by atoms with Crippen LogP contribution < -0.4 is 0 Å². The van der Waals surface area contributed by atoms with E-state index in [4.69, 9.17) is 0 Å². The number of allylic oxidation sites excluding steroid dienone is 2. The van der Waals surface area contributed by atoms with E-state index >= 15 is 0 Å². The van der Waals surface area contributed by atoms with E-state index in [0.717, 1.165) is 11.8 Å². The molecule has 32 heavy (non-hydrogen) atoms. The summed E-state index contributed by atoms with van der Waals surface area (Å²) >= 11 is 1.84. The molecule has 0 aromatic heterocycles. The SMILES string of the molecule is C/C=C(\SC)C(C)(C)C.CC(C)(C)C.CCCCC(CC)C[SiH2]CC(CC)CCCC.S. The van der Waals surface area contributed by atoms with Gasteiger partial charge in [-0.05, 0) is 40.8 Å². The number of unbranched alkanes of at least 4 members (excludes halogenated alkanes) is 2. The van der Waals surface area contributed by atoms with E-state index in [0.29, 0.717) is 10.8 Å². The molecule has 0 radical (unpaired) electrons. The van der Waals surface area contributed by atoms with Gasteiger partial charge in [-0.25, -0.2) is 0 Å². The quantitative estimate of drug-likeness (QED) is 0.224. The van der Waals surface area contributed by atoms with E-state index in [1.165, 1.54) is 56.3 Å². The molecule has 0 fully saturated rings. The highest BCUT2D eigenvalue weighted by molar-refractivity contribution is 8.02. The highest BCUT2D eigenvalue weighted by Crippen LogP contribution is 2.32. The molecule has 0 nitrogen and oxygen atoms in total. The Kier molecular flexibility index (Phi) is 30.8. The van der Waals surface area contributed by atoms with Crippen LogP contribution >= 0.6 is 25.3 Å². The van der Waals surface area contributed by atoms with Crippen molar-refractivity contribution < 1.29 is 0 Å². The van der Waals surface area contributed by atoms with Gasteiger partial charge in [-0.3, -0.25) is 0 Å². The first-order valence-corrected chi connectivity index (χ1v) is 16.7. The van der Waals surface area contributed by atoms with Gasteiger partial charge in [0.1, 0.15) is 0 Å². The van der Waals surface area contributed by atoms with Crippen LogP contribution in [0.1, 0.15) is 134 Å². The van der Waals surface area contributed by atoms with Crippen molar-refractivity contribution in [1.82, 2.24) is 0 Å². The van der Waals surface area contributed by atoms with Gasteiger partial charge in [-0.1, -0.05) is 146 Å². The van der Waals surface area contributed by atoms with Gasteiger partial charge >= 0.3 is 0 Å². The van der Waals surface area contributed by atoms with Crippen molar-refractivity contribution in [1.29, 1.82) is 0 Å². The normalized spacial score (nSPS) is 14.1. The summed E-state index contributed by atoms with van der Waals surface area (Å²) in [6, 6.07) is 3.25. The third kappa shape index (κ3) is 32.8. The van der Waals surface area contributed by atoms with Gasteiger partial charge in [0.05, 0.1) is 0 Å². The third-order valence-corrected chi connectivity index (χ3v) is 9.27. The van der Waals surface area contributed by atoms with Gasteiger partial charge in [-0.2, -0.15) is 13.5 Å². The lowest BCUT2D eigenvalue weighted by Gasteiger charge is -2.20. The number of hydrogen-bond acceptors (Lipinski definition) is 1. The Morgan fingerprint density at radius 2 is 1.12 bits per heavy atom. The molecule has 0 amide bonds. The van der Waals surface area contributed by atoms with Gasteiger partial charge in [-0.15, -0.1) is 11.8 Å². The number of thioether (sulfide) groups is 1. The zero-order valence-corrected chi connectivity index (χ0v) is 28.1. The van der Waals surface area contributed by atoms with E-state index in [2.05, 4.69) is 95.4 Å². The fourth-order valence-corrected chi connectivity index (χ4v) is 7.28. The molecule has 0 aliphatic carbocycles. The van der Waals surface area contributed by atoms with Crippen molar-refractivity contribution >= 4 is 34.8 Å². The summed E-state index contributed by atoms with van der Waals surface area (Å²) in [5, 5.41) is 0. The molecular formula is C29H66S2Si. The van der Waals surface area contributed by atoms with E-state index in [-0.39, 0.29) is 23.0 Å². The molecule has 0 aromatic carbocycles. The molecule has 0 bridgehead atoms. The lowest BCUT2D eigenvalue weighted by Crippen LogP contribution is -2.08. The van der Waals surface area contributed by atoms with Gasteiger partial charge in [0.25, 0.3) is 0 Å². The molecular weight excluding hydrogens is 441 g/mol. The summed E-state index contributed by atoms with van der Waals surface area (Å²) in [5.74, 6) is 2.15. The molecule has 0 heterocycles. The second kappa shape index (κ2) is 24.8. The summed E-state index contributed by atoms with van der Waals surface area (Å²) < 4.78 is 0. The van der Waals surface area contributed by atoms with Crippen molar-refractivity contribution in [2.45, 2.75) is 147 Å². The Morgan fingerprint density at radius 1 is 0.781 bits per heavy atom. The molecule has 0 saturated carbocycles. The minimum absolute atomic E-state index is 0. The summed E-state index contributed by atoms with van der Waals surface area (Å²) in [4.78, 5) is 1.46. The maximum atomic E-state index is 2.39. The second-order valence-corrected chi connectivity index (χ2v) is 14.6. The largest absolute Gasteiger partial charge is 0.197 e. The summed E-state index contributed by atoms with van der Waals surface area (Å²) in [6.45, 7) is 27.0. The van der Waals surface area contributed by atoms with Crippen LogP contribution in [-0.4, -0.2) is 15.8 Å². The second-order valence-electron chi connectivity index (χ2n) is 11.9. The smallest absolute Gasteiger partial charge is 0.0203 e. The van der Waals surface area contributed by atoms with E-state index in [1.807, 2.05) is 11.8 Å². The molecule has 3 heteroatoms. The van der Waals surface area contributed by atoms with Crippen molar-refractivity contribution in [3.05, 3.63) is 11.0 Å². The van der Waals surface area contributed by atoms with Crippen LogP contribution in [0.25, 0.3) is 0 Å². The van der Waals surface area contributed by atoms with Gasteiger partial charge in [0, 0.05) is 9.52 Å². The van der Waals surface area contributed by atoms with Crippen molar-refractivity contribution in [2.75, 3.05) is 6.26 Å². The molecule has 0 aliphatic rings. The minimum Gasteiger partial charge on any atom is -0.197 e. The van der Waals surface area contributed by atoms with Crippen LogP contribution in [0.5, 0.6) is 0 Å². The van der Waals surface area contributed by atoms with Crippen molar-refractivity contribution in [2.24, 2.45) is 22.7 Å². The van der Waals surface area contributed by atoms with Crippen molar-refractivity contribution in [3.8, 4) is 0 Å². The van der Waals surface area contributed by atoms with Gasteiger partial charge in [0.2, 0.25) is 0 Å². The monoisotopic (exact) mass is 506 g/mol. The highest BCUT2D eigenvalue weighted by atomic mass is 32.2. The molecule has 0 rings (SSSR count). The van der Waals surface area contributed by atoms with Crippen molar-refractivity contribution in [3.63, 3.8) is 0 Å². The van der Waals surface area contributed by atoms with Crippen LogP contribution in [-0.2, 0) is 0 Å². The molecule has 0 N–H and O–H groups in total. The van der Waals surface area contributed by atoms with Crippen LogP contribution in [0.3, 0.4) is 0 Å². The van der Waals surface area contributed by atoms with Crippen LogP contribution in [0.2, 0.25) is 12.1 Å². The fourth-order valence-electron chi connectivity index (χ4n) is 3.64. The standard InChI is InChI=1S/C16H36Si.C8H16S.C5H12.H2S/c1-5-9-11-15(7-3)13-17-14-16(8-4)12-10-6-2;1-6-7(9-5)8(2,3)4;1-5(2,3)4;/h15-16H,5-14,17H2,1-4H3;6H,1-5H3;1-4H3;1H2/b;7-6-;;. The van der Waals surface area contributed by atoms with E-state index < -0.39 is 0 Å². The molecule has 0 aliphatic heterocycles. The lowest BCUT2D eigenvalue weighted by atomic mass is 9.96. The van der Waals surface area contributed by atoms with Crippen LogP contribution in [0, 0.1) is 22.7 Å². The van der Waals surface area contributed by atoms with E-state index in [1.54, 1.807) is 12.1 Å². The van der Waals surface area contributed by atoms with E-state index in [9.17, 15) is 0 Å². The zero-order chi connectivity index (χ0) is 24.9. The summed E-state index contributed by atoms with van der Waals surface area (Å²) in [5.41, 5.74) is 0.841. The maximum Gasteiger partial charge on any atom is 0.0203 e. The average Bonchev–Trinajstić information content (AvgIpc) is 2.66. The zero-order valence-electron chi connectivity index (χ0n) is 24.9. The molecule has 0 aromatic rings.